The minimum atomic E-state index is -0.387. The molecule has 1 aliphatic rings. The highest BCUT2D eigenvalue weighted by atomic mass is 35.5. The zero-order valence-corrected chi connectivity index (χ0v) is 10.9. The normalized spacial score (nSPS) is 17.2. The Balaban J connectivity index is 1.91. The molecule has 5 nitrogen and oxygen atoms in total. The maximum atomic E-state index is 11.4. The van der Waals surface area contributed by atoms with E-state index in [4.69, 9.17) is 17.3 Å². The quantitative estimate of drug-likeness (QED) is 0.734. The van der Waals surface area contributed by atoms with Gasteiger partial charge in [-0.05, 0) is 36.1 Å². The first-order valence-corrected chi connectivity index (χ1v) is 6.41. The third-order valence-electron chi connectivity index (χ3n) is 3.37. The van der Waals surface area contributed by atoms with Crippen LogP contribution < -0.4 is 16.6 Å². The van der Waals surface area contributed by atoms with Gasteiger partial charge in [0.05, 0.1) is 17.9 Å². The second-order valence-corrected chi connectivity index (χ2v) is 5.00. The lowest BCUT2D eigenvalue weighted by atomic mass is 10.1. The Labute approximate surface area is 114 Å². The summed E-state index contributed by atoms with van der Waals surface area (Å²) in [6.07, 6.45) is 3.44. The first kappa shape index (κ1) is 12.0. The van der Waals surface area contributed by atoms with Crippen molar-refractivity contribution in [3.8, 4) is 0 Å². The lowest BCUT2D eigenvalue weighted by molar-refractivity contribution is 0.759. The number of rotatable bonds is 2. The number of aromatic amines is 1. The zero-order valence-electron chi connectivity index (χ0n) is 10.1. The number of aromatic nitrogens is 2. The average molecular weight is 277 g/mol. The fourth-order valence-electron chi connectivity index (χ4n) is 2.46. The summed E-state index contributed by atoms with van der Waals surface area (Å²) < 4.78 is 0. The first-order valence-electron chi connectivity index (χ1n) is 6.03. The monoisotopic (exact) mass is 276 g/mol. The number of nitrogens with zero attached hydrogens (tertiary/aromatic N) is 1. The third-order valence-corrected chi connectivity index (χ3v) is 3.75. The zero-order chi connectivity index (χ0) is 13.4. The lowest BCUT2D eigenvalue weighted by Crippen LogP contribution is -2.14. The molecule has 1 unspecified atom stereocenters. The Morgan fingerprint density at radius 1 is 1.47 bits per heavy atom. The molecule has 1 aromatic carbocycles. The standard InChI is InChI=1S/C13H13ClN4O/c14-12-11(6-16-18-13(12)19)17-10-4-1-7-5-8(15)2-3-9(7)10/h2-3,5-6,10H,1,4,15H2,(H2,17,18,19). The summed E-state index contributed by atoms with van der Waals surface area (Å²) in [5, 5.41) is 9.46. The minimum Gasteiger partial charge on any atom is -0.399 e. The number of halogens is 1. The van der Waals surface area contributed by atoms with Crippen molar-refractivity contribution in [2.24, 2.45) is 0 Å². The molecule has 0 spiro atoms. The molecule has 1 heterocycles. The number of fused-ring (bicyclic) bond motifs is 1. The molecule has 4 N–H and O–H groups in total. The van der Waals surface area contributed by atoms with Crippen LogP contribution in [-0.4, -0.2) is 10.2 Å². The van der Waals surface area contributed by atoms with E-state index in [1.165, 1.54) is 17.3 Å². The van der Waals surface area contributed by atoms with Crippen LogP contribution in [0.2, 0.25) is 5.02 Å². The number of nitrogen functional groups attached to an aromatic ring is 1. The van der Waals surface area contributed by atoms with Gasteiger partial charge in [-0.1, -0.05) is 17.7 Å². The predicted octanol–water partition coefficient (Wildman–Crippen LogP) is 2.10. The van der Waals surface area contributed by atoms with Gasteiger partial charge in [0, 0.05) is 5.69 Å². The predicted molar refractivity (Wildman–Crippen MR) is 75.4 cm³/mol. The van der Waals surface area contributed by atoms with Crippen molar-refractivity contribution >= 4 is 23.0 Å². The van der Waals surface area contributed by atoms with Gasteiger partial charge < -0.3 is 11.1 Å². The fourth-order valence-corrected chi connectivity index (χ4v) is 2.60. The first-order chi connectivity index (χ1) is 9.15. The Morgan fingerprint density at radius 3 is 3.16 bits per heavy atom. The molecule has 1 aliphatic carbocycles. The van der Waals surface area contributed by atoms with Crippen molar-refractivity contribution in [3.05, 3.63) is 50.9 Å². The van der Waals surface area contributed by atoms with Crippen LogP contribution in [0.4, 0.5) is 11.4 Å². The number of hydrogen-bond acceptors (Lipinski definition) is 4. The van der Waals surface area contributed by atoms with Crippen LogP contribution in [0.5, 0.6) is 0 Å². The van der Waals surface area contributed by atoms with E-state index >= 15 is 0 Å². The van der Waals surface area contributed by atoms with Gasteiger partial charge in [-0.2, -0.15) is 5.10 Å². The van der Waals surface area contributed by atoms with E-state index in [2.05, 4.69) is 15.5 Å². The van der Waals surface area contributed by atoms with Crippen LogP contribution in [0.25, 0.3) is 0 Å². The molecule has 0 aliphatic heterocycles. The van der Waals surface area contributed by atoms with E-state index in [-0.39, 0.29) is 16.6 Å². The Morgan fingerprint density at radius 2 is 2.32 bits per heavy atom. The maximum absolute atomic E-state index is 11.4. The van der Waals surface area contributed by atoms with Crippen molar-refractivity contribution in [2.45, 2.75) is 18.9 Å². The molecule has 0 amide bonds. The number of benzene rings is 1. The van der Waals surface area contributed by atoms with Crippen molar-refractivity contribution in [3.63, 3.8) is 0 Å². The van der Waals surface area contributed by atoms with E-state index in [1.54, 1.807) is 0 Å². The van der Waals surface area contributed by atoms with E-state index in [0.29, 0.717) is 5.69 Å². The topological polar surface area (TPSA) is 83.8 Å². The largest absolute Gasteiger partial charge is 0.399 e. The number of anilines is 2. The summed E-state index contributed by atoms with van der Waals surface area (Å²) in [6, 6.07) is 6.03. The summed E-state index contributed by atoms with van der Waals surface area (Å²) in [5.41, 5.74) is 9.16. The fraction of sp³-hybridized carbons (Fsp3) is 0.231. The molecule has 0 fully saturated rings. The summed E-state index contributed by atoms with van der Waals surface area (Å²) in [5.74, 6) is 0. The molecular weight excluding hydrogens is 264 g/mol. The van der Waals surface area contributed by atoms with Crippen molar-refractivity contribution < 1.29 is 0 Å². The highest BCUT2D eigenvalue weighted by Gasteiger charge is 2.23. The van der Waals surface area contributed by atoms with E-state index in [9.17, 15) is 4.79 Å². The van der Waals surface area contributed by atoms with Gasteiger partial charge in [0.1, 0.15) is 5.02 Å². The van der Waals surface area contributed by atoms with Gasteiger partial charge in [0.2, 0.25) is 0 Å². The average Bonchev–Trinajstić information content (AvgIpc) is 2.77. The molecule has 0 bridgehead atoms. The number of nitrogens with one attached hydrogen (secondary N) is 2. The van der Waals surface area contributed by atoms with Crippen molar-refractivity contribution in [1.82, 2.24) is 10.2 Å². The molecule has 0 radical (unpaired) electrons. The molecule has 19 heavy (non-hydrogen) atoms. The third kappa shape index (κ3) is 2.17. The summed E-state index contributed by atoms with van der Waals surface area (Å²) >= 11 is 5.96. The molecule has 2 aromatic rings. The second kappa shape index (κ2) is 4.59. The minimum absolute atomic E-state index is 0.136. The molecule has 98 valence electrons. The van der Waals surface area contributed by atoms with Crippen LogP contribution in [0.3, 0.4) is 0 Å². The van der Waals surface area contributed by atoms with Gasteiger partial charge in [-0.15, -0.1) is 0 Å². The SMILES string of the molecule is Nc1ccc2c(c1)CCC2Nc1cn[nH]c(=O)c1Cl. The maximum Gasteiger partial charge on any atom is 0.285 e. The van der Waals surface area contributed by atoms with Crippen molar-refractivity contribution in [2.75, 3.05) is 11.1 Å². The molecule has 1 atom stereocenters. The van der Waals surface area contributed by atoms with Gasteiger partial charge in [-0.3, -0.25) is 4.79 Å². The number of hydrogen-bond donors (Lipinski definition) is 3. The van der Waals surface area contributed by atoms with E-state index in [0.717, 1.165) is 18.5 Å². The van der Waals surface area contributed by atoms with Crippen LogP contribution in [0.1, 0.15) is 23.6 Å². The molecule has 0 saturated heterocycles. The van der Waals surface area contributed by atoms with Gasteiger partial charge in [0.15, 0.2) is 0 Å². The summed E-state index contributed by atoms with van der Waals surface area (Å²) in [6.45, 7) is 0. The van der Waals surface area contributed by atoms with Crippen LogP contribution in [0, 0.1) is 0 Å². The van der Waals surface area contributed by atoms with Gasteiger partial charge >= 0.3 is 0 Å². The number of nitrogens with two attached hydrogens (primary N) is 1. The smallest absolute Gasteiger partial charge is 0.285 e. The molecule has 0 saturated carbocycles. The second-order valence-electron chi connectivity index (χ2n) is 4.62. The molecule has 6 heteroatoms. The lowest BCUT2D eigenvalue weighted by Gasteiger charge is -2.15. The van der Waals surface area contributed by atoms with E-state index < -0.39 is 0 Å². The van der Waals surface area contributed by atoms with Crippen LogP contribution in [-0.2, 0) is 6.42 Å². The van der Waals surface area contributed by atoms with Gasteiger partial charge in [-0.25, -0.2) is 5.10 Å². The molecule has 1 aromatic heterocycles. The number of aryl methyl sites for hydroxylation is 1. The van der Waals surface area contributed by atoms with E-state index in [1.807, 2.05) is 18.2 Å². The van der Waals surface area contributed by atoms with Crippen LogP contribution in [0.15, 0.2) is 29.2 Å². The highest BCUT2D eigenvalue weighted by Crippen LogP contribution is 2.35. The number of H-pyrrole nitrogens is 1. The molecular formula is C13H13ClN4O. The van der Waals surface area contributed by atoms with Gasteiger partial charge in [0.25, 0.3) is 5.56 Å². The molecule has 3 rings (SSSR count). The Bertz CT molecular complexity index is 683. The van der Waals surface area contributed by atoms with Crippen molar-refractivity contribution in [1.29, 1.82) is 0 Å². The highest BCUT2D eigenvalue weighted by molar-refractivity contribution is 6.32. The summed E-state index contributed by atoms with van der Waals surface area (Å²) in [4.78, 5) is 11.4. The van der Waals surface area contributed by atoms with Crippen LogP contribution >= 0.6 is 11.6 Å². The Kier molecular flexibility index (Phi) is 2.91. The Hall–Kier alpha value is -2.01. The summed E-state index contributed by atoms with van der Waals surface area (Å²) in [7, 11) is 0.